The molecule has 0 aliphatic carbocycles. The predicted molar refractivity (Wildman–Crippen MR) is 118 cm³/mol. The molecular formula is C23H40N2O6. The Labute approximate surface area is 186 Å². The molecule has 0 aromatic rings. The van der Waals surface area contributed by atoms with Crippen LogP contribution in [0.25, 0.3) is 0 Å². The van der Waals surface area contributed by atoms with Crippen molar-refractivity contribution in [3.8, 4) is 0 Å². The smallest absolute Gasteiger partial charge is 0.353 e. The second-order valence-electron chi connectivity index (χ2n) is 9.40. The normalized spacial score (nSPS) is 19.4. The van der Waals surface area contributed by atoms with Gasteiger partial charge < -0.3 is 19.6 Å². The zero-order valence-corrected chi connectivity index (χ0v) is 20.2. The lowest BCUT2D eigenvalue weighted by Gasteiger charge is -2.26. The van der Waals surface area contributed by atoms with E-state index in [0.29, 0.717) is 12.1 Å². The van der Waals surface area contributed by atoms with E-state index in [9.17, 15) is 14.4 Å². The largest absolute Gasteiger partial charge is 0.463 e. The lowest BCUT2D eigenvalue weighted by atomic mass is 9.86. The van der Waals surface area contributed by atoms with Crippen LogP contribution in [0.2, 0.25) is 0 Å². The van der Waals surface area contributed by atoms with E-state index in [-0.39, 0.29) is 37.7 Å². The molecule has 0 saturated heterocycles. The highest BCUT2D eigenvalue weighted by molar-refractivity contribution is 5.99. The number of carbonyl (C=O) groups is 3. The van der Waals surface area contributed by atoms with E-state index in [1.807, 2.05) is 13.8 Å². The monoisotopic (exact) mass is 440 g/mol. The Morgan fingerprint density at radius 2 is 1.84 bits per heavy atom. The van der Waals surface area contributed by atoms with Gasteiger partial charge in [0.05, 0.1) is 24.8 Å². The van der Waals surface area contributed by atoms with Gasteiger partial charge in [-0.3, -0.25) is 9.59 Å². The molecule has 1 rings (SSSR count). The Kier molecular flexibility index (Phi) is 10.5. The SMILES string of the molecule is CCCCCC1(C(=O)OCC)CC([C@@H](NC(=O)CCC(=O)OC(C)(C)C)C(C)C)=NO1. The molecule has 8 nitrogen and oxygen atoms in total. The van der Waals surface area contributed by atoms with E-state index in [2.05, 4.69) is 17.4 Å². The van der Waals surface area contributed by atoms with Gasteiger partial charge >= 0.3 is 11.9 Å². The Morgan fingerprint density at radius 3 is 2.39 bits per heavy atom. The van der Waals surface area contributed by atoms with Gasteiger partial charge in [0.1, 0.15) is 5.60 Å². The zero-order valence-electron chi connectivity index (χ0n) is 20.2. The quantitative estimate of drug-likeness (QED) is 0.365. The number of carbonyl (C=O) groups excluding carboxylic acids is 3. The van der Waals surface area contributed by atoms with E-state index < -0.39 is 29.2 Å². The van der Waals surface area contributed by atoms with Crippen LogP contribution < -0.4 is 5.32 Å². The van der Waals surface area contributed by atoms with Crippen LogP contribution in [0.4, 0.5) is 0 Å². The summed E-state index contributed by atoms with van der Waals surface area (Å²) < 4.78 is 10.5. The lowest BCUT2D eigenvalue weighted by Crippen LogP contribution is -2.47. The standard InChI is InChI=1S/C23H40N2O6/c1-8-10-11-14-23(21(28)29-9-2)15-17(25-31-23)20(16(3)4)24-18(26)12-13-19(27)30-22(5,6)7/h16,20H,8-15H2,1-7H3,(H,24,26)/t20-,23?/m0/s1. The van der Waals surface area contributed by atoms with Crippen LogP contribution in [-0.2, 0) is 28.7 Å². The molecule has 31 heavy (non-hydrogen) atoms. The van der Waals surface area contributed by atoms with Gasteiger partial charge in [0.15, 0.2) is 0 Å². The molecule has 0 bridgehead atoms. The summed E-state index contributed by atoms with van der Waals surface area (Å²) in [4.78, 5) is 42.7. The average molecular weight is 441 g/mol. The molecule has 1 aliphatic rings. The summed E-state index contributed by atoms with van der Waals surface area (Å²) in [6.45, 7) is 13.4. The van der Waals surface area contributed by atoms with Crippen molar-refractivity contribution in [1.82, 2.24) is 5.32 Å². The molecular weight excluding hydrogens is 400 g/mol. The van der Waals surface area contributed by atoms with Gasteiger partial charge in [-0.15, -0.1) is 0 Å². The highest BCUT2D eigenvalue weighted by atomic mass is 16.7. The Bertz CT molecular complexity index is 653. The van der Waals surface area contributed by atoms with Crippen LogP contribution in [0.3, 0.4) is 0 Å². The number of rotatable bonds is 12. The van der Waals surface area contributed by atoms with Crippen molar-refractivity contribution in [2.45, 2.75) is 111 Å². The Hall–Kier alpha value is -2.12. The first-order chi connectivity index (χ1) is 14.4. The summed E-state index contributed by atoms with van der Waals surface area (Å²) in [5.74, 6) is -1.07. The summed E-state index contributed by atoms with van der Waals surface area (Å²) in [6, 6.07) is -0.395. The topological polar surface area (TPSA) is 103 Å². The number of nitrogens with zero attached hydrogens (tertiary/aromatic N) is 1. The third-order valence-corrected chi connectivity index (χ3v) is 4.95. The number of amides is 1. The molecule has 0 radical (unpaired) electrons. The molecule has 0 aromatic carbocycles. The molecule has 8 heteroatoms. The average Bonchev–Trinajstić information content (AvgIpc) is 3.08. The molecule has 0 aromatic heterocycles. The van der Waals surface area contributed by atoms with E-state index in [0.717, 1.165) is 19.3 Å². The van der Waals surface area contributed by atoms with Crippen LogP contribution in [-0.4, -0.2) is 47.4 Å². The van der Waals surface area contributed by atoms with E-state index in [1.165, 1.54) is 0 Å². The first-order valence-electron chi connectivity index (χ1n) is 11.4. The lowest BCUT2D eigenvalue weighted by molar-refractivity contribution is -0.170. The Morgan fingerprint density at radius 1 is 1.16 bits per heavy atom. The predicted octanol–water partition coefficient (Wildman–Crippen LogP) is 3.91. The van der Waals surface area contributed by atoms with E-state index >= 15 is 0 Å². The van der Waals surface area contributed by atoms with Gasteiger partial charge in [0.25, 0.3) is 0 Å². The summed E-state index contributed by atoms with van der Waals surface area (Å²) in [6.07, 6.45) is 3.65. The summed E-state index contributed by atoms with van der Waals surface area (Å²) in [5, 5.41) is 7.14. The molecule has 178 valence electrons. The second-order valence-corrected chi connectivity index (χ2v) is 9.40. The summed E-state index contributed by atoms with van der Waals surface area (Å²) in [5.41, 5.74) is -1.10. The molecule has 1 N–H and O–H groups in total. The van der Waals surface area contributed by atoms with Crippen LogP contribution in [0.5, 0.6) is 0 Å². The summed E-state index contributed by atoms with van der Waals surface area (Å²) >= 11 is 0. The maximum Gasteiger partial charge on any atom is 0.353 e. The van der Waals surface area contributed by atoms with Crippen molar-refractivity contribution < 1.29 is 28.7 Å². The number of hydrogen-bond donors (Lipinski definition) is 1. The maximum atomic E-state index is 12.7. The van der Waals surface area contributed by atoms with Crippen molar-refractivity contribution in [3.05, 3.63) is 0 Å². The minimum Gasteiger partial charge on any atom is -0.463 e. The highest BCUT2D eigenvalue weighted by Gasteiger charge is 2.49. The third-order valence-electron chi connectivity index (χ3n) is 4.95. The van der Waals surface area contributed by atoms with Gasteiger partial charge in [-0.1, -0.05) is 38.8 Å². The molecule has 2 atom stereocenters. The van der Waals surface area contributed by atoms with Crippen molar-refractivity contribution in [2.24, 2.45) is 11.1 Å². The molecule has 0 spiro atoms. The highest BCUT2D eigenvalue weighted by Crippen LogP contribution is 2.33. The fraction of sp³-hybridized carbons (Fsp3) is 0.826. The summed E-state index contributed by atoms with van der Waals surface area (Å²) in [7, 11) is 0. The van der Waals surface area contributed by atoms with Gasteiger partial charge in [-0.2, -0.15) is 0 Å². The first-order valence-corrected chi connectivity index (χ1v) is 11.4. The van der Waals surface area contributed by atoms with Crippen LogP contribution in [0, 0.1) is 5.92 Å². The molecule has 1 aliphatic heterocycles. The fourth-order valence-electron chi connectivity index (χ4n) is 3.43. The van der Waals surface area contributed by atoms with Crippen LogP contribution >= 0.6 is 0 Å². The van der Waals surface area contributed by atoms with Crippen molar-refractivity contribution in [2.75, 3.05) is 6.61 Å². The number of nitrogens with one attached hydrogen (secondary N) is 1. The number of hydrogen-bond acceptors (Lipinski definition) is 7. The fourth-order valence-corrected chi connectivity index (χ4v) is 3.43. The zero-order chi connectivity index (χ0) is 23.7. The number of oxime groups is 1. The van der Waals surface area contributed by atoms with Crippen LogP contribution in [0.15, 0.2) is 5.16 Å². The van der Waals surface area contributed by atoms with Crippen molar-refractivity contribution in [1.29, 1.82) is 0 Å². The third kappa shape index (κ3) is 8.87. The van der Waals surface area contributed by atoms with Crippen molar-refractivity contribution in [3.63, 3.8) is 0 Å². The van der Waals surface area contributed by atoms with Gasteiger partial charge in [-0.05, 0) is 40.0 Å². The van der Waals surface area contributed by atoms with Crippen LogP contribution in [0.1, 0.15) is 93.4 Å². The number of esters is 2. The molecule has 1 unspecified atom stereocenters. The number of ether oxygens (including phenoxy) is 2. The molecule has 0 fully saturated rings. The molecule has 1 heterocycles. The van der Waals surface area contributed by atoms with E-state index in [4.69, 9.17) is 14.3 Å². The van der Waals surface area contributed by atoms with Crippen molar-refractivity contribution >= 4 is 23.6 Å². The minimum absolute atomic E-state index is 0.000671. The first kappa shape index (κ1) is 26.9. The number of unbranched alkanes of at least 4 members (excludes halogenated alkanes) is 2. The second kappa shape index (κ2) is 12.1. The van der Waals surface area contributed by atoms with Gasteiger partial charge in [-0.25, -0.2) is 4.79 Å². The maximum absolute atomic E-state index is 12.7. The van der Waals surface area contributed by atoms with Gasteiger partial charge in [0.2, 0.25) is 11.5 Å². The Balaban J connectivity index is 2.78. The van der Waals surface area contributed by atoms with Gasteiger partial charge in [0, 0.05) is 19.3 Å². The minimum atomic E-state index is -1.13. The molecule has 1 amide bonds. The molecule has 0 saturated carbocycles. The van der Waals surface area contributed by atoms with E-state index in [1.54, 1.807) is 27.7 Å².